The van der Waals surface area contributed by atoms with Gasteiger partial charge in [-0.3, -0.25) is 0 Å². The van der Waals surface area contributed by atoms with Gasteiger partial charge in [0, 0.05) is 35.9 Å². The maximum Gasteiger partial charge on any atom is 0.245 e. The number of H-pyrrole nitrogens is 1. The molecule has 1 aromatic carbocycles. The number of aromatic nitrogens is 1. The Morgan fingerprint density at radius 1 is 1.48 bits per heavy atom. The number of hydrogen-bond acceptors (Lipinski definition) is 4. The second-order valence-electron chi connectivity index (χ2n) is 5.22. The number of fused-ring (bicyclic) bond motifs is 1. The maximum atomic E-state index is 12.8. The smallest absolute Gasteiger partial charge is 0.245 e. The van der Waals surface area contributed by atoms with Crippen LogP contribution < -0.4 is 5.73 Å². The summed E-state index contributed by atoms with van der Waals surface area (Å²) < 4.78 is 32.7. The number of nitrogens with two attached hydrogens (primary N) is 1. The summed E-state index contributed by atoms with van der Waals surface area (Å²) in [6.45, 7) is 3.21. The van der Waals surface area contributed by atoms with E-state index >= 15 is 0 Å². The van der Waals surface area contributed by atoms with Gasteiger partial charge in [-0.05, 0) is 24.6 Å². The highest BCUT2D eigenvalue weighted by molar-refractivity contribution is 7.89. The molecule has 6 nitrogen and oxygen atoms in total. The number of benzene rings is 1. The molecular weight excluding hydrogens is 290 g/mol. The van der Waals surface area contributed by atoms with Crippen molar-refractivity contribution in [3.8, 4) is 0 Å². The van der Waals surface area contributed by atoms with E-state index in [-0.39, 0.29) is 11.0 Å². The van der Waals surface area contributed by atoms with Crippen molar-refractivity contribution < 1.29 is 13.2 Å². The van der Waals surface area contributed by atoms with Crippen molar-refractivity contribution in [3.63, 3.8) is 0 Å². The molecule has 7 heteroatoms. The Hall–Kier alpha value is -1.57. The Kier molecular flexibility index (Phi) is 3.64. The lowest BCUT2D eigenvalue weighted by Crippen LogP contribution is -2.45. The SMILES string of the molecule is CCC1CN(S(=O)(=O)c2c[nH]c3ccc(N)cc23)CCO1. The molecule has 1 atom stereocenters. The fourth-order valence-corrected chi connectivity index (χ4v) is 4.23. The molecule has 1 aliphatic heterocycles. The predicted molar refractivity (Wildman–Crippen MR) is 81.5 cm³/mol. The summed E-state index contributed by atoms with van der Waals surface area (Å²) in [5.41, 5.74) is 7.09. The van der Waals surface area contributed by atoms with E-state index in [0.29, 0.717) is 30.8 Å². The first-order valence-corrected chi connectivity index (χ1v) is 8.44. The Balaban J connectivity index is 2.02. The number of rotatable bonds is 3. The van der Waals surface area contributed by atoms with Gasteiger partial charge in [-0.15, -0.1) is 0 Å². The van der Waals surface area contributed by atoms with E-state index in [1.165, 1.54) is 10.5 Å². The number of ether oxygens (including phenoxy) is 1. The summed E-state index contributed by atoms with van der Waals surface area (Å²) in [6.07, 6.45) is 2.30. The van der Waals surface area contributed by atoms with Gasteiger partial charge < -0.3 is 15.5 Å². The molecule has 1 aliphatic rings. The molecule has 3 rings (SSSR count). The fourth-order valence-electron chi connectivity index (χ4n) is 2.62. The number of anilines is 1. The third kappa shape index (κ3) is 2.52. The summed E-state index contributed by atoms with van der Waals surface area (Å²) in [4.78, 5) is 3.27. The van der Waals surface area contributed by atoms with Crippen molar-refractivity contribution in [1.82, 2.24) is 9.29 Å². The highest BCUT2D eigenvalue weighted by atomic mass is 32.2. The topological polar surface area (TPSA) is 88.4 Å². The van der Waals surface area contributed by atoms with Gasteiger partial charge in [0.1, 0.15) is 4.90 Å². The van der Waals surface area contributed by atoms with Gasteiger partial charge in [-0.1, -0.05) is 6.92 Å². The molecule has 1 aromatic heterocycles. The molecule has 3 N–H and O–H groups in total. The minimum Gasteiger partial charge on any atom is -0.399 e. The highest BCUT2D eigenvalue weighted by Crippen LogP contribution is 2.28. The highest BCUT2D eigenvalue weighted by Gasteiger charge is 2.31. The minimum atomic E-state index is -3.54. The minimum absolute atomic E-state index is 0.0381. The molecule has 1 fully saturated rings. The van der Waals surface area contributed by atoms with Crippen LogP contribution in [0.25, 0.3) is 10.9 Å². The van der Waals surface area contributed by atoms with Crippen LogP contribution in [0.15, 0.2) is 29.3 Å². The fraction of sp³-hybridized carbons (Fsp3) is 0.429. The third-order valence-corrected chi connectivity index (χ3v) is 5.75. The van der Waals surface area contributed by atoms with Crippen molar-refractivity contribution in [1.29, 1.82) is 0 Å². The van der Waals surface area contributed by atoms with Crippen LogP contribution in [0.4, 0.5) is 5.69 Å². The van der Waals surface area contributed by atoms with Crippen LogP contribution >= 0.6 is 0 Å². The van der Waals surface area contributed by atoms with E-state index in [0.717, 1.165) is 11.9 Å². The van der Waals surface area contributed by atoms with Crippen LogP contribution in [-0.4, -0.2) is 43.5 Å². The first-order chi connectivity index (χ1) is 10.0. The lowest BCUT2D eigenvalue weighted by Gasteiger charge is -2.31. The summed E-state index contributed by atoms with van der Waals surface area (Å²) in [6, 6.07) is 5.23. The second kappa shape index (κ2) is 5.32. The quantitative estimate of drug-likeness (QED) is 0.842. The molecular formula is C14H19N3O3S. The van der Waals surface area contributed by atoms with Crippen LogP contribution in [0.1, 0.15) is 13.3 Å². The summed E-state index contributed by atoms with van der Waals surface area (Å²) in [5.74, 6) is 0. The molecule has 2 heterocycles. The predicted octanol–water partition coefficient (Wildman–Crippen LogP) is 1.55. The first-order valence-electron chi connectivity index (χ1n) is 7.00. The van der Waals surface area contributed by atoms with E-state index < -0.39 is 10.0 Å². The molecule has 0 radical (unpaired) electrons. The number of aromatic amines is 1. The van der Waals surface area contributed by atoms with Gasteiger partial charge in [0.05, 0.1) is 12.7 Å². The average Bonchev–Trinajstić information content (AvgIpc) is 2.91. The van der Waals surface area contributed by atoms with Crippen LogP contribution in [0.3, 0.4) is 0 Å². The number of sulfonamides is 1. The summed E-state index contributed by atoms with van der Waals surface area (Å²) >= 11 is 0. The molecule has 0 aliphatic carbocycles. The molecule has 0 saturated carbocycles. The molecule has 0 amide bonds. The van der Waals surface area contributed by atoms with E-state index in [2.05, 4.69) is 4.98 Å². The lowest BCUT2D eigenvalue weighted by molar-refractivity contribution is -0.00275. The summed E-state index contributed by atoms with van der Waals surface area (Å²) in [5, 5.41) is 0.634. The number of hydrogen-bond donors (Lipinski definition) is 2. The van der Waals surface area contributed by atoms with E-state index in [1.807, 2.05) is 6.92 Å². The van der Waals surface area contributed by atoms with E-state index in [9.17, 15) is 8.42 Å². The zero-order valence-electron chi connectivity index (χ0n) is 11.9. The zero-order chi connectivity index (χ0) is 15.0. The van der Waals surface area contributed by atoms with Crippen LogP contribution in [0, 0.1) is 0 Å². The van der Waals surface area contributed by atoms with E-state index in [4.69, 9.17) is 10.5 Å². The van der Waals surface area contributed by atoms with Gasteiger partial charge in [0.2, 0.25) is 10.0 Å². The number of nitrogens with zero attached hydrogens (tertiary/aromatic N) is 1. The van der Waals surface area contributed by atoms with Crippen molar-refractivity contribution in [2.24, 2.45) is 0 Å². The monoisotopic (exact) mass is 309 g/mol. The normalized spacial score (nSPS) is 20.9. The zero-order valence-corrected chi connectivity index (χ0v) is 12.7. The van der Waals surface area contributed by atoms with E-state index in [1.54, 1.807) is 18.2 Å². The molecule has 21 heavy (non-hydrogen) atoms. The van der Waals surface area contributed by atoms with Crippen molar-refractivity contribution in [3.05, 3.63) is 24.4 Å². The molecule has 1 saturated heterocycles. The lowest BCUT2D eigenvalue weighted by atomic mass is 10.2. The summed E-state index contributed by atoms with van der Waals surface area (Å²) in [7, 11) is -3.54. The maximum absolute atomic E-state index is 12.8. The number of nitrogen functional groups attached to an aromatic ring is 1. The Labute approximate surface area is 123 Å². The van der Waals surface area contributed by atoms with Crippen LogP contribution in [-0.2, 0) is 14.8 Å². The number of nitrogens with one attached hydrogen (secondary N) is 1. The molecule has 114 valence electrons. The average molecular weight is 309 g/mol. The standard InChI is InChI=1S/C14H19N3O3S/c1-2-11-9-17(5-6-20-11)21(18,19)14-8-16-13-4-3-10(15)7-12(13)14/h3-4,7-8,11,16H,2,5-6,9,15H2,1H3. The Bertz CT molecular complexity index is 754. The molecule has 2 aromatic rings. The van der Waals surface area contributed by atoms with Gasteiger partial charge in [-0.25, -0.2) is 8.42 Å². The molecule has 1 unspecified atom stereocenters. The second-order valence-corrected chi connectivity index (χ2v) is 7.13. The third-order valence-electron chi connectivity index (χ3n) is 3.84. The van der Waals surface area contributed by atoms with Gasteiger partial charge in [0.15, 0.2) is 0 Å². The Morgan fingerprint density at radius 2 is 2.29 bits per heavy atom. The first kappa shape index (κ1) is 14.4. The Morgan fingerprint density at radius 3 is 3.05 bits per heavy atom. The van der Waals surface area contributed by atoms with Crippen LogP contribution in [0.5, 0.6) is 0 Å². The van der Waals surface area contributed by atoms with Crippen molar-refractivity contribution in [2.45, 2.75) is 24.3 Å². The van der Waals surface area contributed by atoms with Gasteiger partial charge in [-0.2, -0.15) is 4.31 Å². The largest absolute Gasteiger partial charge is 0.399 e. The molecule has 0 bridgehead atoms. The molecule has 0 spiro atoms. The van der Waals surface area contributed by atoms with Gasteiger partial charge >= 0.3 is 0 Å². The van der Waals surface area contributed by atoms with Crippen molar-refractivity contribution in [2.75, 3.05) is 25.4 Å². The number of morpholine rings is 1. The van der Waals surface area contributed by atoms with Crippen molar-refractivity contribution >= 4 is 26.6 Å². The van der Waals surface area contributed by atoms with Gasteiger partial charge in [0.25, 0.3) is 0 Å². The van der Waals surface area contributed by atoms with Crippen LogP contribution in [0.2, 0.25) is 0 Å².